The number of allylic oxidation sites excluding steroid dienone is 1. The second-order valence-corrected chi connectivity index (χ2v) is 1.95. The summed E-state index contributed by atoms with van der Waals surface area (Å²) < 4.78 is 0. The molecule has 0 heterocycles. The molecule has 0 saturated carbocycles. The Morgan fingerprint density at radius 1 is 1.80 bits per heavy atom. The molecule has 0 amide bonds. The van der Waals surface area contributed by atoms with Crippen molar-refractivity contribution in [2.45, 2.75) is 6.92 Å². The maximum absolute atomic E-state index is 6.68. The van der Waals surface area contributed by atoms with Gasteiger partial charge in [-0.25, -0.2) is 0 Å². The molecular formula is C7H12N2O. The minimum Gasteiger partial charge on any atom is -0.396 e. The highest BCUT2D eigenvalue weighted by atomic mass is 16.6. The van der Waals surface area contributed by atoms with Crippen molar-refractivity contribution >= 4 is 12.9 Å². The van der Waals surface area contributed by atoms with Crippen LogP contribution in [0.15, 0.2) is 17.3 Å². The molecule has 0 saturated heterocycles. The summed E-state index contributed by atoms with van der Waals surface area (Å²) in [6, 6.07) is 0. The van der Waals surface area contributed by atoms with Crippen molar-refractivity contribution in [1.29, 1.82) is 5.41 Å². The summed E-state index contributed by atoms with van der Waals surface area (Å²) in [6.45, 7) is 5.67. The van der Waals surface area contributed by atoms with Gasteiger partial charge in [0.05, 0.1) is 0 Å². The molecule has 0 unspecified atom stereocenters. The fourth-order valence-corrected chi connectivity index (χ4v) is 0.471. The molecule has 0 spiro atoms. The summed E-state index contributed by atoms with van der Waals surface area (Å²) in [6.07, 6.45) is 4.77. The zero-order valence-corrected chi connectivity index (χ0v) is 6.08. The third-order valence-corrected chi connectivity index (χ3v) is 0.965. The van der Waals surface area contributed by atoms with E-state index in [0.717, 1.165) is 0 Å². The van der Waals surface area contributed by atoms with Crippen LogP contribution in [0.25, 0.3) is 0 Å². The summed E-state index contributed by atoms with van der Waals surface area (Å²) in [5, 5.41) is 9.93. The molecule has 10 heavy (non-hydrogen) atoms. The molecule has 0 bridgehead atoms. The molecule has 1 N–H and O–H groups in total. The zero-order valence-electron chi connectivity index (χ0n) is 6.08. The second-order valence-electron chi connectivity index (χ2n) is 1.95. The quantitative estimate of drug-likeness (QED) is 0.456. The largest absolute Gasteiger partial charge is 0.396 e. The Labute approximate surface area is 60.9 Å². The predicted molar refractivity (Wildman–Crippen MR) is 42.6 cm³/mol. The van der Waals surface area contributed by atoms with Gasteiger partial charge in [-0.05, 0) is 6.08 Å². The van der Waals surface area contributed by atoms with Gasteiger partial charge in [0.25, 0.3) is 0 Å². The highest BCUT2D eigenvalue weighted by Crippen LogP contribution is 1.96. The van der Waals surface area contributed by atoms with E-state index in [-0.39, 0.29) is 5.92 Å². The van der Waals surface area contributed by atoms with E-state index < -0.39 is 0 Å². The molecule has 0 aliphatic heterocycles. The van der Waals surface area contributed by atoms with Gasteiger partial charge in [-0.2, -0.15) is 0 Å². The normalized spacial score (nSPS) is 12.9. The van der Waals surface area contributed by atoms with E-state index in [4.69, 9.17) is 5.41 Å². The highest BCUT2D eigenvalue weighted by molar-refractivity contribution is 5.67. The molecular weight excluding hydrogens is 128 g/mol. The van der Waals surface area contributed by atoms with Crippen LogP contribution >= 0.6 is 0 Å². The van der Waals surface area contributed by atoms with Crippen molar-refractivity contribution in [3.8, 4) is 0 Å². The SMILES string of the molecule is C=NOC[C@@H](C)/C=C\C=N. The summed E-state index contributed by atoms with van der Waals surface area (Å²) in [5.41, 5.74) is 0. The Hall–Kier alpha value is -1.12. The maximum atomic E-state index is 6.68. The third-order valence-electron chi connectivity index (χ3n) is 0.965. The molecule has 0 fully saturated rings. The van der Waals surface area contributed by atoms with Gasteiger partial charge in [-0.1, -0.05) is 13.0 Å². The Morgan fingerprint density at radius 3 is 3.00 bits per heavy atom. The molecule has 1 atom stereocenters. The Morgan fingerprint density at radius 2 is 2.50 bits per heavy atom. The number of nitrogens with one attached hydrogen (secondary N) is 1. The van der Waals surface area contributed by atoms with Crippen molar-refractivity contribution < 1.29 is 4.84 Å². The van der Waals surface area contributed by atoms with Crippen LogP contribution in [-0.4, -0.2) is 19.5 Å². The lowest BCUT2D eigenvalue weighted by atomic mass is 10.2. The summed E-state index contributed by atoms with van der Waals surface area (Å²) in [7, 11) is 0. The first-order valence-electron chi connectivity index (χ1n) is 3.06. The van der Waals surface area contributed by atoms with E-state index >= 15 is 0 Å². The fraction of sp³-hybridized carbons (Fsp3) is 0.429. The lowest BCUT2D eigenvalue weighted by Gasteiger charge is -2.01. The lowest BCUT2D eigenvalue weighted by molar-refractivity contribution is 0.128. The first-order valence-corrected chi connectivity index (χ1v) is 3.06. The molecule has 0 aromatic carbocycles. The van der Waals surface area contributed by atoms with Gasteiger partial charge in [0, 0.05) is 18.9 Å². The van der Waals surface area contributed by atoms with Crippen LogP contribution in [0.1, 0.15) is 6.92 Å². The number of nitrogens with zero attached hydrogens (tertiary/aromatic N) is 1. The van der Waals surface area contributed by atoms with Crippen LogP contribution in [0.4, 0.5) is 0 Å². The molecule has 0 radical (unpaired) electrons. The average Bonchev–Trinajstić information content (AvgIpc) is 1.97. The summed E-state index contributed by atoms with van der Waals surface area (Å²) >= 11 is 0. The van der Waals surface area contributed by atoms with Crippen LogP contribution < -0.4 is 0 Å². The van der Waals surface area contributed by atoms with Gasteiger partial charge in [0.15, 0.2) is 0 Å². The molecule has 0 aromatic rings. The monoisotopic (exact) mass is 140 g/mol. The molecule has 3 heteroatoms. The van der Waals surface area contributed by atoms with Crippen molar-refractivity contribution in [3.63, 3.8) is 0 Å². The van der Waals surface area contributed by atoms with E-state index in [1.54, 1.807) is 6.08 Å². The minimum atomic E-state index is 0.284. The first kappa shape index (κ1) is 8.88. The van der Waals surface area contributed by atoms with Crippen molar-refractivity contribution in [2.75, 3.05) is 6.61 Å². The van der Waals surface area contributed by atoms with Gasteiger partial charge in [0.1, 0.15) is 6.61 Å². The number of hydrogen-bond donors (Lipinski definition) is 1. The Bertz CT molecular complexity index is 132. The number of oxime groups is 1. The van der Waals surface area contributed by atoms with Crippen LogP contribution in [0, 0.1) is 11.3 Å². The van der Waals surface area contributed by atoms with Gasteiger partial charge < -0.3 is 10.2 Å². The highest BCUT2D eigenvalue weighted by Gasteiger charge is 1.93. The van der Waals surface area contributed by atoms with Crippen molar-refractivity contribution in [2.24, 2.45) is 11.1 Å². The predicted octanol–water partition coefficient (Wildman–Crippen LogP) is 1.46. The maximum Gasteiger partial charge on any atom is 0.123 e. The standard InChI is InChI=1S/C7H12N2O/c1-7(4-3-5-8)6-10-9-2/h3-5,7-8H,2,6H2,1H3/b4-3-,8-5?/t7-/m0/s1. The summed E-state index contributed by atoms with van der Waals surface area (Å²) in [5.74, 6) is 0.284. The lowest BCUT2D eigenvalue weighted by Crippen LogP contribution is -1.98. The first-order chi connectivity index (χ1) is 4.81. The Kier molecular flexibility index (Phi) is 5.33. The molecule has 0 aliphatic carbocycles. The zero-order chi connectivity index (χ0) is 7.82. The number of rotatable bonds is 5. The third kappa shape index (κ3) is 5.03. The summed E-state index contributed by atoms with van der Waals surface area (Å²) in [4.78, 5) is 4.68. The van der Waals surface area contributed by atoms with E-state index in [2.05, 4.69) is 16.7 Å². The topological polar surface area (TPSA) is 45.4 Å². The second kappa shape index (κ2) is 6.01. The van der Waals surface area contributed by atoms with E-state index in [9.17, 15) is 0 Å². The van der Waals surface area contributed by atoms with Crippen LogP contribution in [-0.2, 0) is 4.84 Å². The van der Waals surface area contributed by atoms with E-state index in [1.165, 1.54) is 6.21 Å². The average molecular weight is 140 g/mol. The van der Waals surface area contributed by atoms with Crippen LogP contribution in [0.2, 0.25) is 0 Å². The van der Waals surface area contributed by atoms with Gasteiger partial charge in [-0.3, -0.25) is 0 Å². The van der Waals surface area contributed by atoms with Crippen LogP contribution in [0.3, 0.4) is 0 Å². The molecule has 3 nitrogen and oxygen atoms in total. The fourth-order valence-electron chi connectivity index (χ4n) is 0.471. The van der Waals surface area contributed by atoms with Gasteiger partial charge in [0.2, 0.25) is 0 Å². The van der Waals surface area contributed by atoms with Crippen LogP contribution in [0.5, 0.6) is 0 Å². The molecule has 0 aromatic heterocycles. The van der Waals surface area contributed by atoms with Gasteiger partial charge >= 0.3 is 0 Å². The molecule has 56 valence electrons. The van der Waals surface area contributed by atoms with E-state index in [1.807, 2.05) is 13.0 Å². The Balaban J connectivity index is 3.41. The number of hydrogen-bond acceptors (Lipinski definition) is 3. The molecule has 0 aliphatic rings. The van der Waals surface area contributed by atoms with Crippen molar-refractivity contribution in [3.05, 3.63) is 12.2 Å². The van der Waals surface area contributed by atoms with Crippen molar-refractivity contribution in [1.82, 2.24) is 0 Å². The molecule has 0 rings (SSSR count). The van der Waals surface area contributed by atoms with E-state index in [0.29, 0.717) is 6.61 Å². The van der Waals surface area contributed by atoms with Gasteiger partial charge in [-0.15, -0.1) is 5.16 Å². The smallest absolute Gasteiger partial charge is 0.123 e. The minimum absolute atomic E-state index is 0.284.